The Morgan fingerprint density at radius 2 is 1.81 bits per heavy atom. The third-order valence-electron chi connectivity index (χ3n) is 5.72. The maximum absolute atomic E-state index is 12.9. The highest BCUT2D eigenvalue weighted by Gasteiger charge is 2.31. The summed E-state index contributed by atoms with van der Waals surface area (Å²) in [5.74, 6) is -0.00698. The maximum atomic E-state index is 12.9. The van der Waals surface area contributed by atoms with E-state index >= 15 is 0 Å². The molecule has 0 radical (unpaired) electrons. The van der Waals surface area contributed by atoms with Crippen LogP contribution in [0.5, 0.6) is 5.75 Å². The summed E-state index contributed by atoms with van der Waals surface area (Å²) in [7, 11) is 1.56. The van der Waals surface area contributed by atoms with Gasteiger partial charge >= 0.3 is 0 Å². The van der Waals surface area contributed by atoms with Crippen molar-refractivity contribution in [3.05, 3.63) is 64.7 Å². The Morgan fingerprint density at radius 3 is 2.53 bits per heavy atom. The van der Waals surface area contributed by atoms with Gasteiger partial charge < -0.3 is 30.6 Å². The van der Waals surface area contributed by atoms with E-state index in [2.05, 4.69) is 10.6 Å². The number of amides is 2. The quantitative estimate of drug-likeness (QED) is 0.567. The second kappa shape index (κ2) is 10.1. The van der Waals surface area contributed by atoms with Crippen molar-refractivity contribution in [1.82, 2.24) is 10.6 Å². The topological polar surface area (TPSA) is 112 Å². The van der Waals surface area contributed by atoms with Crippen molar-refractivity contribution in [2.24, 2.45) is 5.73 Å². The van der Waals surface area contributed by atoms with Crippen molar-refractivity contribution in [3.63, 3.8) is 0 Å². The number of fused-ring (bicyclic) bond motifs is 1. The predicted molar refractivity (Wildman–Crippen MR) is 119 cm³/mol. The molecule has 1 saturated heterocycles. The Morgan fingerprint density at radius 1 is 1.06 bits per heavy atom. The maximum Gasteiger partial charge on any atom is 0.254 e. The van der Waals surface area contributed by atoms with Crippen LogP contribution in [0.1, 0.15) is 50.6 Å². The van der Waals surface area contributed by atoms with E-state index in [4.69, 9.17) is 19.9 Å². The molecule has 2 heterocycles. The lowest BCUT2D eigenvalue weighted by atomic mass is 9.90. The lowest BCUT2D eigenvalue weighted by molar-refractivity contribution is -0.188. The van der Waals surface area contributed by atoms with Gasteiger partial charge in [-0.15, -0.1) is 0 Å². The van der Waals surface area contributed by atoms with Crippen LogP contribution >= 0.6 is 0 Å². The molecule has 2 aromatic rings. The summed E-state index contributed by atoms with van der Waals surface area (Å²) in [6.07, 6.45) is 1.09. The zero-order chi connectivity index (χ0) is 22.5. The summed E-state index contributed by atoms with van der Waals surface area (Å²) in [6.45, 7) is 1.87. The third-order valence-corrected chi connectivity index (χ3v) is 5.72. The van der Waals surface area contributed by atoms with E-state index in [1.807, 2.05) is 36.4 Å². The van der Waals surface area contributed by atoms with Crippen LogP contribution < -0.4 is 21.1 Å². The number of rotatable bonds is 7. The third kappa shape index (κ3) is 4.93. The van der Waals surface area contributed by atoms with Gasteiger partial charge in [0.2, 0.25) is 0 Å². The molecule has 2 aliphatic heterocycles. The van der Waals surface area contributed by atoms with E-state index in [0.29, 0.717) is 56.1 Å². The number of benzene rings is 2. The van der Waals surface area contributed by atoms with Crippen LogP contribution in [-0.4, -0.2) is 57.6 Å². The smallest absolute Gasteiger partial charge is 0.254 e. The minimum atomic E-state index is -0.283. The van der Waals surface area contributed by atoms with Crippen molar-refractivity contribution < 1.29 is 23.8 Å². The molecule has 2 amide bonds. The Bertz CT molecular complexity index is 958. The molecule has 0 unspecified atom stereocenters. The molecule has 1 atom stereocenters. The number of hydrogen-bond donors (Lipinski definition) is 3. The molecule has 170 valence electrons. The monoisotopic (exact) mass is 439 g/mol. The molecule has 4 N–H and O–H groups in total. The number of nitrogens with one attached hydrogen (secondary N) is 2. The van der Waals surface area contributed by atoms with Gasteiger partial charge in [0.25, 0.3) is 11.8 Å². The fraction of sp³-hybridized carbons (Fsp3) is 0.417. The summed E-state index contributed by atoms with van der Waals surface area (Å²) in [4.78, 5) is 25.4. The summed E-state index contributed by atoms with van der Waals surface area (Å²) in [6, 6.07) is 13.3. The predicted octanol–water partition coefficient (Wildman–Crippen LogP) is 1.78. The largest absolute Gasteiger partial charge is 0.491 e. The van der Waals surface area contributed by atoms with Crippen LogP contribution in [0.15, 0.2) is 42.5 Å². The summed E-state index contributed by atoms with van der Waals surface area (Å²) in [5, 5.41) is 5.57. The molecule has 32 heavy (non-hydrogen) atoms. The van der Waals surface area contributed by atoms with Crippen LogP contribution in [-0.2, 0) is 9.47 Å². The molecule has 0 bridgehead atoms. The van der Waals surface area contributed by atoms with Gasteiger partial charge in [0, 0.05) is 37.1 Å². The van der Waals surface area contributed by atoms with Gasteiger partial charge in [-0.25, -0.2) is 0 Å². The fourth-order valence-electron chi connectivity index (χ4n) is 4.02. The zero-order valence-corrected chi connectivity index (χ0v) is 18.1. The van der Waals surface area contributed by atoms with Gasteiger partial charge in [-0.2, -0.15) is 0 Å². The molecule has 0 aliphatic carbocycles. The molecular formula is C24H29N3O5. The zero-order valence-electron chi connectivity index (χ0n) is 18.1. The van der Waals surface area contributed by atoms with E-state index in [1.54, 1.807) is 13.1 Å². The minimum Gasteiger partial charge on any atom is -0.491 e. The van der Waals surface area contributed by atoms with Crippen molar-refractivity contribution in [2.45, 2.75) is 31.1 Å². The summed E-state index contributed by atoms with van der Waals surface area (Å²) < 4.78 is 16.9. The fourth-order valence-corrected chi connectivity index (χ4v) is 4.02. The lowest BCUT2D eigenvalue weighted by Crippen LogP contribution is -2.41. The molecule has 0 spiro atoms. The van der Waals surface area contributed by atoms with Gasteiger partial charge in [-0.05, 0) is 24.1 Å². The first-order valence-electron chi connectivity index (χ1n) is 10.9. The van der Waals surface area contributed by atoms with Gasteiger partial charge in [0.1, 0.15) is 5.75 Å². The molecule has 8 nitrogen and oxygen atoms in total. The first-order chi connectivity index (χ1) is 15.6. The number of ether oxygens (including phenoxy) is 3. The van der Waals surface area contributed by atoms with Crippen molar-refractivity contribution in [3.8, 4) is 5.75 Å². The minimum absolute atomic E-state index is 0.0330. The van der Waals surface area contributed by atoms with Crippen molar-refractivity contribution >= 4 is 11.8 Å². The van der Waals surface area contributed by atoms with E-state index in [-0.39, 0.29) is 30.1 Å². The Balaban J connectivity index is 1.46. The van der Waals surface area contributed by atoms with E-state index < -0.39 is 0 Å². The Kier molecular flexibility index (Phi) is 7.04. The number of hydrogen-bond acceptors (Lipinski definition) is 6. The molecule has 4 rings (SSSR count). The van der Waals surface area contributed by atoms with Crippen LogP contribution in [0, 0.1) is 0 Å². The first-order valence-corrected chi connectivity index (χ1v) is 10.9. The molecule has 2 aromatic carbocycles. The van der Waals surface area contributed by atoms with Gasteiger partial charge in [0.05, 0.1) is 31.4 Å². The molecule has 0 saturated carbocycles. The highest BCUT2D eigenvalue weighted by atomic mass is 16.7. The molecule has 1 fully saturated rings. The van der Waals surface area contributed by atoms with Gasteiger partial charge in [-0.3, -0.25) is 9.59 Å². The summed E-state index contributed by atoms with van der Waals surface area (Å²) in [5.41, 5.74) is 8.48. The molecule has 2 aliphatic rings. The SMILES string of the molecule is CNC(=O)c1cc(C(=O)NCCCC2OCC(N)CO2)cc2c1OC[C@H]2c1ccccc1. The normalized spacial score (nSPS) is 22.0. The highest BCUT2D eigenvalue weighted by Crippen LogP contribution is 2.41. The molecule has 0 aromatic heterocycles. The van der Waals surface area contributed by atoms with Gasteiger partial charge in [-0.1, -0.05) is 30.3 Å². The molecular weight excluding hydrogens is 410 g/mol. The average Bonchev–Trinajstić information content (AvgIpc) is 3.26. The lowest BCUT2D eigenvalue weighted by Gasteiger charge is -2.27. The number of carbonyl (C=O) groups is 2. The number of carbonyl (C=O) groups excluding carboxylic acids is 2. The first kappa shape index (κ1) is 22.3. The van der Waals surface area contributed by atoms with E-state index in [9.17, 15) is 9.59 Å². The van der Waals surface area contributed by atoms with Crippen LogP contribution in [0.3, 0.4) is 0 Å². The summed E-state index contributed by atoms with van der Waals surface area (Å²) >= 11 is 0. The average molecular weight is 440 g/mol. The number of nitrogens with two attached hydrogens (primary N) is 1. The van der Waals surface area contributed by atoms with Crippen molar-refractivity contribution in [2.75, 3.05) is 33.4 Å². The standard InChI is InChI=1S/C24H29N3O5/c1-26-24(29)19-11-16(23(28)27-9-5-8-21-30-12-17(25)13-31-21)10-18-20(14-32-22(18)19)15-6-3-2-4-7-15/h2-4,6-7,10-11,17,20-21H,5,8-9,12-14,25H2,1H3,(H,26,29)(H,27,28)/t17?,20-,21?/m0/s1. The highest BCUT2D eigenvalue weighted by molar-refractivity contribution is 6.02. The van der Waals surface area contributed by atoms with E-state index in [1.165, 1.54) is 0 Å². The van der Waals surface area contributed by atoms with Crippen molar-refractivity contribution in [1.29, 1.82) is 0 Å². The Labute approximate surface area is 187 Å². The second-order valence-electron chi connectivity index (χ2n) is 8.05. The Hall–Kier alpha value is -2.94. The van der Waals surface area contributed by atoms with Gasteiger partial charge in [0.15, 0.2) is 6.29 Å². The van der Waals surface area contributed by atoms with Crippen LogP contribution in [0.4, 0.5) is 0 Å². The molecule has 8 heteroatoms. The second-order valence-corrected chi connectivity index (χ2v) is 8.05. The van der Waals surface area contributed by atoms with Crippen LogP contribution in [0.25, 0.3) is 0 Å². The van der Waals surface area contributed by atoms with E-state index in [0.717, 1.165) is 11.1 Å². The van der Waals surface area contributed by atoms with Crippen LogP contribution in [0.2, 0.25) is 0 Å².